The molecule has 2 rings (SSSR count). The molecule has 2 heterocycles. The number of ether oxygens (including phenoxy) is 1. The van der Waals surface area contributed by atoms with Gasteiger partial charge in [-0.05, 0) is 18.9 Å². The minimum Gasteiger partial charge on any atom is -0.381 e. The van der Waals surface area contributed by atoms with Gasteiger partial charge < -0.3 is 20.7 Å². The molecule has 0 radical (unpaired) electrons. The minimum atomic E-state index is -0.850. The minimum absolute atomic E-state index is 0.174. The Hall–Kier alpha value is -1.66. The van der Waals surface area contributed by atoms with Gasteiger partial charge in [0, 0.05) is 33.5 Å². The summed E-state index contributed by atoms with van der Waals surface area (Å²) >= 11 is 0. The van der Waals surface area contributed by atoms with Crippen LogP contribution in [0.2, 0.25) is 0 Å². The lowest BCUT2D eigenvalue weighted by Gasteiger charge is -2.32. The molecule has 104 valence electrons. The largest absolute Gasteiger partial charge is 0.381 e. The van der Waals surface area contributed by atoms with E-state index in [0.717, 1.165) is 5.69 Å². The first-order chi connectivity index (χ1) is 9.03. The quantitative estimate of drug-likeness (QED) is 0.835. The molecule has 3 N–H and O–H groups in total. The maximum absolute atomic E-state index is 12.3. The molecule has 6 nitrogen and oxygen atoms in total. The Morgan fingerprint density at radius 3 is 2.79 bits per heavy atom. The zero-order valence-electron chi connectivity index (χ0n) is 11.3. The Morgan fingerprint density at radius 2 is 2.16 bits per heavy atom. The molecule has 0 unspecified atom stereocenters. The van der Waals surface area contributed by atoms with Crippen molar-refractivity contribution in [3.63, 3.8) is 0 Å². The van der Waals surface area contributed by atoms with E-state index in [1.165, 1.54) is 0 Å². The highest BCUT2D eigenvalue weighted by Crippen LogP contribution is 2.25. The third-order valence-electron chi connectivity index (χ3n) is 3.37. The van der Waals surface area contributed by atoms with Crippen LogP contribution in [0.1, 0.15) is 12.8 Å². The first-order valence-electron chi connectivity index (χ1n) is 6.32. The molecule has 0 aliphatic carbocycles. The average Bonchev–Trinajstić information content (AvgIpc) is 2.40. The van der Waals surface area contributed by atoms with Gasteiger partial charge in [0.1, 0.15) is 5.54 Å². The van der Waals surface area contributed by atoms with E-state index in [1.54, 1.807) is 12.4 Å². The highest BCUT2D eigenvalue weighted by molar-refractivity contribution is 6.00. The zero-order valence-corrected chi connectivity index (χ0v) is 11.3. The van der Waals surface area contributed by atoms with Gasteiger partial charge >= 0.3 is 0 Å². The van der Waals surface area contributed by atoms with Crippen molar-refractivity contribution >= 4 is 17.3 Å². The summed E-state index contributed by atoms with van der Waals surface area (Å²) in [5.41, 5.74) is 6.88. The van der Waals surface area contributed by atoms with Crippen LogP contribution in [-0.4, -0.2) is 43.7 Å². The number of pyridine rings is 1. The highest BCUT2D eigenvalue weighted by Gasteiger charge is 2.36. The second kappa shape index (κ2) is 5.54. The summed E-state index contributed by atoms with van der Waals surface area (Å²) in [6, 6.07) is 1.85. The average molecular weight is 264 g/mol. The number of nitrogens with one attached hydrogen (secondary N) is 1. The summed E-state index contributed by atoms with van der Waals surface area (Å²) in [5.74, 6) is -0.174. The summed E-state index contributed by atoms with van der Waals surface area (Å²) in [6.45, 7) is 1.05. The number of hydrogen-bond donors (Lipinski definition) is 2. The van der Waals surface area contributed by atoms with Crippen molar-refractivity contribution in [1.82, 2.24) is 4.98 Å². The third kappa shape index (κ3) is 3.02. The molecule has 1 aliphatic heterocycles. The van der Waals surface area contributed by atoms with E-state index in [4.69, 9.17) is 10.5 Å². The van der Waals surface area contributed by atoms with Gasteiger partial charge in [-0.3, -0.25) is 9.78 Å². The zero-order chi connectivity index (χ0) is 13.9. The normalized spacial score (nSPS) is 17.8. The Morgan fingerprint density at radius 1 is 1.47 bits per heavy atom. The van der Waals surface area contributed by atoms with Crippen molar-refractivity contribution in [2.75, 3.05) is 37.5 Å². The summed E-state index contributed by atoms with van der Waals surface area (Å²) in [7, 11) is 3.83. The molecule has 1 saturated heterocycles. The molecule has 0 aromatic carbocycles. The van der Waals surface area contributed by atoms with Gasteiger partial charge in [-0.2, -0.15) is 0 Å². The lowest BCUT2D eigenvalue weighted by molar-refractivity contribution is -0.124. The highest BCUT2D eigenvalue weighted by atomic mass is 16.5. The summed E-state index contributed by atoms with van der Waals surface area (Å²) < 4.78 is 5.25. The van der Waals surface area contributed by atoms with Crippen molar-refractivity contribution in [3.05, 3.63) is 18.5 Å². The van der Waals surface area contributed by atoms with Crippen LogP contribution in [0, 0.1) is 0 Å². The second-order valence-corrected chi connectivity index (χ2v) is 5.01. The van der Waals surface area contributed by atoms with Gasteiger partial charge in [-0.1, -0.05) is 0 Å². The molecule has 1 amide bonds. The van der Waals surface area contributed by atoms with Crippen molar-refractivity contribution in [2.24, 2.45) is 5.73 Å². The maximum Gasteiger partial charge on any atom is 0.244 e. The smallest absolute Gasteiger partial charge is 0.244 e. The predicted molar refractivity (Wildman–Crippen MR) is 74.2 cm³/mol. The molecular formula is C13H20N4O2. The first kappa shape index (κ1) is 13.8. The second-order valence-electron chi connectivity index (χ2n) is 5.01. The van der Waals surface area contributed by atoms with Crippen LogP contribution in [-0.2, 0) is 9.53 Å². The van der Waals surface area contributed by atoms with Crippen LogP contribution < -0.4 is 16.0 Å². The number of nitrogens with zero attached hydrogens (tertiary/aromatic N) is 2. The molecule has 1 aromatic heterocycles. The van der Waals surface area contributed by atoms with Crippen LogP contribution in [0.3, 0.4) is 0 Å². The van der Waals surface area contributed by atoms with Crippen molar-refractivity contribution < 1.29 is 9.53 Å². The number of nitrogens with two attached hydrogens (primary N) is 1. The number of carbonyl (C=O) groups is 1. The Kier molecular flexibility index (Phi) is 4.01. The number of carbonyl (C=O) groups excluding carboxylic acids is 1. The fraction of sp³-hybridized carbons (Fsp3) is 0.538. The van der Waals surface area contributed by atoms with Crippen molar-refractivity contribution in [2.45, 2.75) is 18.4 Å². The number of hydrogen-bond acceptors (Lipinski definition) is 5. The number of aromatic nitrogens is 1. The van der Waals surface area contributed by atoms with Crippen LogP contribution in [0.4, 0.5) is 11.4 Å². The van der Waals surface area contributed by atoms with Gasteiger partial charge in [-0.25, -0.2) is 0 Å². The molecule has 1 fully saturated rings. The molecule has 0 bridgehead atoms. The van der Waals surface area contributed by atoms with Gasteiger partial charge in [-0.15, -0.1) is 0 Å². The van der Waals surface area contributed by atoms with E-state index in [-0.39, 0.29) is 5.91 Å². The standard InChI is InChI=1S/C13H20N4O2/c1-17(2)11-3-6-15-9-10(11)16-12(18)13(14)4-7-19-8-5-13/h3,6,9H,4-5,7-8,14H2,1-2H3,(H,16,18). The molecular weight excluding hydrogens is 244 g/mol. The first-order valence-corrected chi connectivity index (χ1v) is 6.32. The number of anilines is 2. The maximum atomic E-state index is 12.3. The summed E-state index contributed by atoms with van der Waals surface area (Å²) in [6.07, 6.45) is 4.40. The van der Waals surface area contributed by atoms with Gasteiger partial charge in [0.25, 0.3) is 0 Å². The fourth-order valence-corrected chi connectivity index (χ4v) is 2.08. The SMILES string of the molecule is CN(C)c1ccncc1NC(=O)C1(N)CCOCC1. The molecule has 1 aliphatic rings. The van der Waals surface area contributed by atoms with Gasteiger partial charge in [0.05, 0.1) is 17.6 Å². The van der Waals surface area contributed by atoms with Crippen LogP contribution in [0.15, 0.2) is 18.5 Å². The van der Waals surface area contributed by atoms with E-state index in [9.17, 15) is 4.79 Å². The topological polar surface area (TPSA) is 80.5 Å². The number of amides is 1. The van der Waals surface area contributed by atoms with Gasteiger partial charge in [0.15, 0.2) is 0 Å². The van der Waals surface area contributed by atoms with E-state index in [1.807, 2.05) is 25.1 Å². The Balaban J connectivity index is 2.14. The molecule has 19 heavy (non-hydrogen) atoms. The predicted octanol–water partition coefficient (Wildman–Crippen LogP) is 0.594. The van der Waals surface area contributed by atoms with Crippen LogP contribution in [0.5, 0.6) is 0 Å². The fourth-order valence-electron chi connectivity index (χ4n) is 2.08. The molecule has 0 saturated carbocycles. The number of rotatable bonds is 3. The molecule has 1 aromatic rings. The Bertz CT molecular complexity index is 456. The lowest BCUT2D eigenvalue weighted by atomic mass is 9.90. The van der Waals surface area contributed by atoms with E-state index >= 15 is 0 Å². The summed E-state index contributed by atoms with van der Waals surface area (Å²) in [5, 5.41) is 2.88. The van der Waals surface area contributed by atoms with E-state index < -0.39 is 5.54 Å². The third-order valence-corrected chi connectivity index (χ3v) is 3.37. The monoisotopic (exact) mass is 264 g/mol. The molecule has 6 heteroatoms. The molecule has 0 atom stereocenters. The van der Waals surface area contributed by atoms with Crippen LogP contribution >= 0.6 is 0 Å². The lowest BCUT2D eigenvalue weighted by Crippen LogP contribution is -2.54. The molecule has 0 spiro atoms. The van der Waals surface area contributed by atoms with Crippen LogP contribution in [0.25, 0.3) is 0 Å². The van der Waals surface area contributed by atoms with E-state index in [0.29, 0.717) is 31.7 Å². The summed E-state index contributed by atoms with van der Waals surface area (Å²) in [4.78, 5) is 18.3. The van der Waals surface area contributed by atoms with Crippen molar-refractivity contribution in [1.29, 1.82) is 0 Å². The van der Waals surface area contributed by atoms with E-state index in [2.05, 4.69) is 10.3 Å². The van der Waals surface area contributed by atoms with Crippen molar-refractivity contribution in [3.8, 4) is 0 Å². The van der Waals surface area contributed by atoms with Gasteiger partial charge in [0.2, 0.25) is 5.91 Å². The Labute approximate surface area is 112 Å².